The molecule has 0 aliphatic heterocycles. The summed E-state index contributed by atoms with van der Waals surface area (Å²) < 4.78 is 5.29. The normalized spacial score (nSPS) is 10.9. The summed E-state index contributed by atoms with van der Waals surface area (Å²) in [6.07, 6.45) is 0. The summed E-state index contributed by atoms with van der Waals surface area (Å²) in [4.78, 5) is 33.1. The smallest absolute Gasteiger partial charge is 0.260 e. The molecular weight excluding hydrogens is 418 g/mol. The first-order valence-corrected chi connectivity index (χ1v) is 11.1. The number of nitrogens with zero attached hydrogens (tertiary/aromatic N) is 1. The fourth-order valence-corrected chi connectivity index (χ4v) is 4.73. The number of methoxy groups -OCH3 is 1. The largest absolute Gasteiger partial charge is 0.495 e. The third-order valence-corrected chi connectivity index (χ3v) is 6.22. The molecule has 0 fully saturated rings. The minimum atomic E-state index is -0.206. The van der Waals surface area contributed by atoms with Crippen molar-refractivity contribution in [2.75, 3.05) is 18.2 Å². The Bertz CT molecular complexity index is 1270. The molecule has 0 atom stereocenters. The number of hydrogen-bond acceptors (Lipinski definition) is 6. The third-order valence-electron chi connectivity index (χ3n) is 4.48. The second-order valence-electron chi connectivity index (χ2n) is 6.61. The van der Waals surface area contributed by atoms with Crippen molar-refractivity contribution in [3.63, 3.8) is 0 Å². The summed E-state index contributed by atoms with van der Waals surface area (Å²) in [6, 6.07) is 15.3. The SMILES string of the molecule is COc1ccc(C)cc1NC(=O)CSc1nc2scc(-c3ccccc3)c2c(=O)[nH]1. The first-order valence-electron chi connectivity index (χ1n) is 9.19. The second kappa shape index (κ2) is 8.73. The number of H-pyrrole nitrogens is 1. The number of anilines is 1. The van der Waals surface area contributed by atoms with E-state index in [1.807, 2.05) is 60.8 Å². The molecule has 2 aromatic heterocycles. The minimum absolute atomic E-state index is 0.114. The summed E-state index contributed by atoms with van der Waals surface area (Å²) in [5, 5.41) is 5.78. The molecule has 0 aliphatic carbocycles. The number of hydrogen-bond donors (Lipinski definition) is 2. The van der Waals surface area contributed by atoms with Crippen molar-refractivity contribution in [2.24, 2.45) is 0 Å². The van der Waals surface area contributed by atoms with Crippen LogP contribution in [0.15, 0.2) is 63.9 Å². The lowest BCUT2D eigenvalue weighted by atomic mass is 10.1. The maximum Gasteiger partial charge on any atom is 0.260 e. The van der Waals surface area contributed by atoms with E-state index < -0.39 is 0 Å². The van der Waals surface area contributed by atoms with E-state index in [0.717, 1.165) is 16.7 Å². The van der Waals surface area contributed by atoms with Gasteiger partial charge in [-0.2, -0.15) is 0 Å². The van der Waals surface area contributed by atoms with Gasteiger partial charge < -0.3 is 15.0 Å². The lowest BCUT2D eigenvalue weighted by molar-refractivity contribution is -0.113. The molecule has 6 nitrogen and oxygen atoms in total. The van der Waals surface area contributed by atoms with Gasteiger partial charge in [-0.15, -0.1) is 11.3 Å². The Morgan fingerprint density at radius 1 is 1.23 bits per heavy atom. The lowest BCUT2D eigenvalue weighted by Crippen LogP contribution is -2.16. The van der Waals surface area contributed by atoms with Crippen molar-refractivity contribution in [3.05, 3.63) is 69.8 Å². The van der Waals surface area contributed by atoms with Crippen molar-refractivity contribution in [3.8, 4) is 16.9 Å². The number of thiophene rings is 1. The van der Waals surface area contributed by atoms with Gasteiger partial charge in [0.25, 0.3) is 5.56 Å². The number of amides is 1. The van der Waals surface area contributed by atoms with Gasteiger partial charge in [0.2, 0.25) is 5.91 Å². The first-order chi connectivity index (χ1) is 14.5. The Balaban J connectivity index is 1.51. The highest BCUT2D eigenvalue weighted by Gasteiger charge is 2.14. The topological polar surface area (TPSA) is 84.1 Å². The highest BCUT2D eigenvalue weighted by molar-refractivity contribution is 7.99. The Morgan fingerprint density at radius 2 is 2.03 bits per heavy atom. The van der Waals surface area contributed by atoms with E-state index in [0.29, 0.717) is 26.8 Å². The van der Waals surface area contributed by atoms with Crippen LogP contribution >= 0.6 is 23.1 Å². The second-order valence-corrected chi connectivity index (χ2v) is 8.43. The fourth-order valence-electron chi connectivity index (χ4n) is 3.07. The highest BCUT2D eigenvalue weighted by atomic mass is 32.2. The van der Waals surface area contributed by atoms with E-state index in [9.17, 15) is 9.59 Å². The molecular formula is C22H19N3O3S2. The van der Waals surface area contributed by atoms with Crippen molar-refractivity contribution < 1.29 is 9.53 Å². The van der Waals surface area contributed by atoms with Crippen LogP contribution in [0.5, 0.6) is 5.75 Å². The predicted octanol–water partition coefficient (Wildman–Crippen LogP) is 4.70. The molecule has 152 valence electrons. The van der Waals surface area contributed by atoms with Gasteiger partial charge in [-0.3, -0.25) is 9.59 Å². The Labute approximate surface area is 181 Å². The molecule has 8 heteroatoms. The summed E-state index contributed by atoms with van der Waals surface area (Å²) in [6.45, 7) is 1.94. The molecule has 0 radical (unpaired) electrons. The minimum Gasteiger partial charge on any atom is -0.495 e. The predicted molar refractivity (Wildman–Crippen MR) is 123 cm³/mol. The number of carbonyl (C=O) groups excluding carboxylic acids is 1. The van der Waals surface area contributed by atoms with Crippen LogP contribution in [-0.2, 0) is 4.79 Å². The van der Waals surface area contributed by atoms with E-state index in [1.54, 1.807) is 7.11 Å². The molecule has 2 heterocycles. The number of fused-ring (bicyclic) bond motifs is 1. The number of rotatable bonds is 6. The van der Waals surface area contributed by atoms with Crippen molar-refractivity contribution in [1.82, 2.24) is 9.97 Å². The van der Waals surface area contributed by atoms with Crippen LogP contribution in [0.1, 0.15) is 5.56 Å². The Morgan fingerprint density at radius 3 is 2.80 bits per heavy atom. The molecule has 0 saturated heterocycles. The number of aryl methyl sites for hydroxylation is 1. The molecule has 0 bridgehead atoms. The van der Waals surface area contributed by atoms with Gasteiger partial charge in [-0.05, 0) is 30.2 Å². The van der Waals surface area contributed by atoms with Crippen molar-refractivity contribution in [1.29, 1.82) is 0 Å². The zero-order valence-corrected chi connectivity index (χ0v) is 18.0. The van der Waals surface area contributed by atoms with Crippen LogP contribution in [0.25, 0.3) is 21.3 Å². The van der Waals surface area contributed by atoms with Crippen LogP contribution in [-0.4, -0.2) is 28.7 Å². The average molecular weight is 438 g/mol. The number of aromatic nitrogens is 2. The van der Waals surface area contributed by atoms with Crippen LogP contribution in [0.2, 0.25) is 0 Å². The zero-order valence-electron chi connectivity index (χ0n) is 16.4. The van der Waals surface area contributed by atoms with Gasteiger partial charge in [0.05, 0.1) is 23.9 Å². The maximum atomic E-state index is 12.7. The van der Waals surface area contributed by atoms with Gasteiger partial charge in [-0.25, -0.2) is 4.98 Å². The van der Waals surface area contributed by atoms with Crippen LogP contribution in [0.4, 0.5) is 5.69 Å². The third kappa shape index (κ3) is 4.24. The number of ether oxygens (including phenoxy) is 1. The number of carbonyl (C=O) groups is 1. The number of aromatic amines is 1. The first kappa shape index (κ1) is 20.2. The van der Waals surface area contributed by atoms with Gasteiger partial charge in [0.1, 0.15) is 10.6 Å². The molecule has 30 heavy (non-hydrogen) atoms. The number of thioether (sulfide) groups is 1. The van der Waals surface area contributed by atoms with Crippen LogP contribution in [0.3, 0.4) is 0 Å². The molecule has 0 aliphatic rings. The Kier molecular flexibility index (Phi) is 5.87. The number of nitrogens with one attached hydrogen (secondary N) is 2. The summed E-state index contributed by atoms with van der Waals surface area (Å²) in [7, 11) is 1.56. The molecule has 4 rings (SSSR count). The molecule has 2 aromatic carbocycles. The molecule has 2 N–H and O–H groups in total. The lowest BCUT2D eigenvalue weighted by Gasteiger charge is -2.10. The summed E-state index contributed by atoms with van der Waals surface area (Å²) >= 11 is 2.61. The molecule has 4 aromatic rings. The monoisotopic (exact) mass is 437 g/mol. The standard InChI is InChI=1S/C22H19N3O3S2/c1-13-8-9-17(28-2)16(10-13)23-18(26)12-30-22-24-20(27)19-15(11-29-21(19)25-22)14-6-4-3-5-7-14/h3-11H,12H2,1-2H3,(H,23,26)(H,24,25,27). The van der Waals surface area contributed by atoms with E-state index in [1.165, 1.54) is 23.1 Å². The van der Waals surface area contributed by atoms with Crippen molar-refractivity contribution in [2.45, 2.75) is 12.1 Å². The number of benzene rings is 2. The molecule has 0 saturated carbocycles. The average Bonchev–Trinajstić information content (AvgIpc) is 3.18. The summed E-state index contributed by atoms with van der Waals surface area (Å²) in [5.41, 5.74) is 3.27. The van der Waals surface area contributed by atoms with E-state index in [2.05, 4.69) is 15.3 Å². The molecule has 0 spiro atoms. The Hall–Kier alpha value is -3.10. The molecule has 1 amide bonds. The zero-order chi connectivity index (χ0) is 21.1. The maximum absolute atomic E-state index is 12.7. The highest BCUT2D eigenvalue weighted by Crippen LogP contribution is 2.31. The fraction of sp³-hybridized carbons (Fsp3) is 0.136. The van der Waals surface area contributed by atoms with Gasteiger partial charge in [-0.1, -0.05) is 48.2 Å². The van der Waals surface area contributed by atoms with Crippen molar-refractivity contribution >= 4 is 44.9 Å². The van der Waals surface area contributed by atoms with Gasteiger partial charge in [0, 0.05) is 10.9 Å². The van der Waals surface area contributed by atoms with Crippen LogP contribution < -0.4 is 15.6 Å². The van der Waals surface area contributed by atoms with Gasteiger partial charge in [0.15, 0.2) is 5.16 Å². The van der Waals surface area contributed by atoms with Gasteiger partial charge >= 0.3 is 0 Å². The van der Waals surface area contributed by atoms with E-state index in [4.69, 9.17) is 4.74 Å². The van der Waals surface area contributed by atoms with Crippen LogP contribution in [0, 0.1) is 6.92 Å². The molecule has 0 unspecified atom stereocenters. The quantitative estimate of drug-likeness (QED) is 0.337. The summed E-state index contributed by atoms with van der Waals surface area (Å²) in [5.74, 6) is 0.504. The van der Waals surface area contributed by atoms with E-state index >= 15 is 0 Å². The van der Waals surface area contributed by atoms with E-state index in [-0.39, 0.29) is 17.2 Å².